The highest BCUT2D eigenvalue weighted by Gasteiger charge is 2.39. The van der Waals surface area contributed by atoms with Crippen LogP contribution in [-0.2, 0) is 29.3 Å². The maximum absolute atomic E-state index is 13.3. The van der Waals surface area contributed by atoms with Crippen LogP contribution >= 0.6 is 7.82 Å². The van der Waals surface area contributed by atoms with Gasteiger partial charge in [0.05, 0.1) is 44.5 Å². The lowest BCUT2D eigenvalue weighted by molar-refractivity contribution is 0.0226. The maximum Gasteiger partial charge on any atom is 0.469 e. The number of nitrogens with zero attached hydrogens (tertiary/aromatic N) is 1. The first-order chi connectivity index (χ1) is 19.1. The average molecular weight is 590 g/mol. The van der Waals surface area contributed by atoms with E-state index in [1.54, 1.807) is 38.5 Å². The molecule has 40 heavy (non-hydrogen) atoms. The number of benzene rings is 3. The van der Waals surface area contributed by atoms with Crippen molar-refractivity contribution in [1.82, 2.24) is 0 Å². The van der Waals surface area contributed by atoms with Crippen LogP contribution < -0.4 is 9.47 Å². The predicted molar refractivity (Wildman–Crippen MR) is 149 cm³/mol. The maximum atomic E-state index is 13.3. The fraction of sp³-hybridized carbons (Fsp3) is 0.321. The smallest absolute Gasteiger partial charge is 0.469 e. The number of phosphoric acid groups is 1. The van der Waals surface area contributed by atoms with Gasteiger partial charge in [0.15, 0.2) is 9.84 Å². The van der Waals surface area contributed by atoms with Crippen molar-refractivity contribution in [2.24, 2.45) is 0 Å². The summed E-state index contributed by atoms with van der Waals surface area (Å²) in [6, 6.07) is 25.7. The standard InChI is InChI=1S/C28H32NO9PS/c1-35-25-14-10-23(11-15-25)28(22-7-4-3-5-8-22,24-12-16-26(36-2)17-13-24)37-19-20-40(33,34)27(9-6-18-29)21-38-39(30,31)32/h3-5,7-8,10-17,27H,6,9,19-21H2,1-2H3,(H2,30,31,32). The Labute approximate surface area is 234 Å². The van der Waals surface area contributed by atoms with Gasteiger partial charge in [0, 0.05) is 6.42 Å². The van der Waals surface area contributed by atoms with Gasteiger partial charge in [0.2, 0.25) is 0 Å². The Morgan fingerprint density at radius 3 is 1.82 bits per heavy atom. The lowest BCUT2D eigenvalue weighted by Crippen LogP contribution is -2.36. The van der Waals surface area contributed by atoms with E-state index in [2.05, 4.69) is 4.52 Å². The lowest BCUT2D eigenvalue weighted by atomic mass is 9.80. The lowest BCUT2D eigenvalue weighted by Gasteiger charge is -2.36. The molecule has 1 atom stereocenters. The second-order valence-electron chi connectivity index (χ2n) is 8.82. The molecule has 1 unspecified atom stereocenters. The first-order valence-corrected chi connectivity index (χ1v) is 15.6. The number of hydrogen-bond donors (Lipinski definition) is 2. The molecule has 10 nitrogen and oxygen atoms in total. The molecular formula is C28H32NO9PS. The third kappa shape index (κ3) is 7.92. The summed E-state index contributed by atoms with van der Waals surface area (Å²) in [7, 11) is -5.78. The van der Waals surface area contributed by atoms with Crippen LogP contribution in [0.3, 0.4) is 0 Å². The summed E-state index contributed by atoms with van der Waals surface area (Å²) in [4.78, 5) is 18.2. The largest absolute Gasteiger partial charge is 0.497 e. The van der Waals surface area contributed by atoms with Gasteiger partial charge in [0.25, 0.3) is 0 Å². The van der Waals surface area contributed by atoms with Crippen molar-refractivity contribution in [2.75, 3.05) is 33.2 Å². The Hall–Kier alpha value is -3.23. The van der Waals surface area contributed by atoms with Gasteiger partial charge in [-0.25, -0.2) is 13.0 Å². The van der Waals surface area contributed by atoms with E-state index < -0.39 is 40.9 Å². The van der Waals surface area contributed by atoms with Crippen LogP contribution in [0.5, 0.6) is 11.5 Å². The van der Waals surface area contributed by atoms with E-state index in [0.29, 0.717) is 22.6 Å². The predicted octanol–water partition coefficient (Wildman–Crippen LogP) is 4.21. The Bertz CT molecular complexity index is 1370. The summed E-state index contributed by atoms with van der Waals surface area (Å²) in [5.74, 6) is 0.788. The van der Waals surface area contributed by atoms with Gasteiger partial charge in [-0.3, -0.25) is 4.52 Å². The van der Waals surface area contributed by atoms with E-state index in [-0.39, 0.29) is 19.4 Å². The third-order valence-corrected chi connectivity index (χ3v) is 8.98. The molecule has 3 aromatic rings. The normalized spacial score (nSPS) is 12.9. The van der Waals surface area contributed by atoms with Crippen molar-refractivity contribution in [3.63, 3.8) is 0 Å². The Morgan fingerprint density at radius 2 is 1.38 bits per heavy atom. The molecule has 0 aliphatic rings. The molecule has 0 bridgehead atoms. The molecule has 0 saturated heterocycles. The van der Waals surface area contributed by atoms with Crippen molar-refractivity contribution in [2.45, 2.75) is 23.7 Å². The highest BCUT2D eigenvalue weighted by Crippen LogP contribution is 2.42. The minimum atomic E-state index is -4.91. The first kappa shape index (κ1) is 31.3. The zero-order valence-electron chi connectivity index (χ0n) is 22.2. The van der Waals surface area contributed by atoms with E-state index >= 15 is 0 Å². The molecule has 0 fully saturated rings. The molecule has 3 rings (SSSR count). The van der Waals surface area contributed by atoms with Crippen molar-refractivity contribution in [3.05, 3.63) is 95.6 Å². The van der Waals surface area contributed by atoms with Crippen LogP contribution in [0.2, 0.25) is 0 Å². The van der Waals surface area contributed by atoms with Gasteiger partial charge in [-0.05, 0) is 47.4 Å². The molecule has 0 heterocycles. The van der Waals surface area contributed by atoms with E-state index in [1.165, 1.54) is 0 Å². The number of phosphoric ester groups is 1. The average Bonchev–Trinajstić information content (AvgIpc) is 2.95. The Morgan fingerprint density at radius 1 is 0.875 bits per heavy atom. The number of ether oxygens (including phenoxy) is 3. The summed E-state index contributed by atoms with van der Waals surface area (Å²) < 4.78 is 59.4. The van der Waals surface area contributed by atoms with Crippen molar-refractivity contribution in [3.8, 4) is 17.6 Å². The van der Waals surface area contributed by atoms with E-state index in [1.807, 2.05) is 60.7 Å². The molecule has 2 N–H and O–H groups in total. The van der Waals surface area contributed by atoms with E-state index in [4.69, 9.17) is 29.3 Å². The van der Waals surface area contributed by atoms with Gasteiger partial charge in [-0.1, -0.05) is 54.6 Å². The molecule has 0 aliphatic heterocycles. The highest BCUT2D eigenvalue weighted by molar-refractivity contribution is 7.92. The highest BCUT2D eigenvalue weighted by atomic mass is 32.2. The summed E-state index contributed by atoms with van der Waals surface area (Å²) >= 11 is 0. The Balaban J connectivity index is 2.03. The van der Waals surface area contributed by atoms with E-state index in [0.717, 1.165) is 5.56 Å². The number of methoxy groups -OCH3 is 2. The van der Waals surface area contributed by atoms with Crippen LogP contribution in [0, 0.1) is 11.3 Å². The SMILES string of the molecule is COc1ccc(C(OCCS(=O)(=O)C(CCC#N)COP(=O)(O)O)(c2ccccc2)c2ccc(OC)cc2)cc1. The summed E-state index contributed by atoms with van der Waals surface area (Å²) in [5.41, 5.74) is 0.939. The number of rotatable bonds is 15. The van der Waals surface area contributed by atoms with Gasteiger partial charge >= 0.3 is 7.82 Å². The fourth-order valence-corrected chi connectivity index (χ4v) is 6.20. The molecule has 0 saturated carbocycles. The molecular weight excluding hydrogens is 557 g/mol. The van der Waals surface area contributed by atoms with Crippen LogP contribution in [0.15, 0.2) is 78.9 Å². The summed E-state index contributed by atoms with van der Waals surface area (Å²) in [6.45, 7) is -1.01. The van der Waals surface area contributed by atoms with Crippen LogP contribution in [0.4, 0.5) is 0 Å². The van der Waals surface area contributed by atoms with Crippen molar-refractivity contribution in [1.29, 1.82) is 5.26 Å². The molecule has 0 spiro atoms. The third-order valence-electron chi connectivity index (χ3n) is 6.37. The van der Waals surface area contributed by atoms with Crippen molar-refractivity contribution < 1.29 is 41.5 Å². The van der Waals surface area contributed by atoms with Crippen LogP contribution in [0.1, 0.15) is 29.5 Å². The molecule has 0 aliphatic carbocycles. The minimum absolute atomic E-state index is 0.124. The number of hydrogen-bond acceptors (Lipinski definition) is 8. The number of nitriles is 1. The molecule has 3 aromatic carbocycles. The van der Waals surface area contributed by atoms with Crippen LogP contribution in [-0.4, -0.2) is 56.6 Å². The summed E-state index contributed by atoms with van der Waals surface area (Å²) in [6.07, 6.45) is -0.263. The number of sulfone groups is 1. The van der Waals surface area contributed by atoms with Gasteiger partial charge in [-0.15, -0.1) is 0 Å². The van der Waals surface area contributed by atoms with Crippen LogP contribution in [0.25, 0.3) is 0 Å². The molecule has 12 heteroatoms. The molecule has 0 radical (unpaired) electrons. The Kier molecular flexibility index (Phi) is 10.9. The zero-order chi connectivity index (χ0) is 29.2. The summed E-state index contributed by atoms with van der Waals surface area (Å²) in [5, 5.41) is 7.67. The van der Waals surface area contributed by atoms with Gasteiger partial charge in [-0.2, -0.15) is 5.26 Å². The van der Waals surface area contributed by atoms with E-state index in [9.17, 15) is 13.0 Å². The molecule has 0 aromatic heterocycles. The molecule has 0 amide bonds. The topological polar surface area (TPSA) is 152 Å². The van der Waals surface area contributed by atoms with Gasteiger partial charge < -0.3 is 24.0 Å². The van der Waals surface area contributed by atoms with Crippen molar-refractivity contribution >= 4 is 17.7 Å². The molecule has 214 valence electrons. The first-order valence-electron chi connectivity index (χ1n) is 12.3. The quantitative estimate of drug-likeness (QED) is 0.195. The zero-order valence-corrected chi connectivity index (χ0v) is 23.9. The second-order valence-corrected chi connectivity index (χ2v) is 12.5. The van der Waals surface area contributed by atoms with Gasteiger partial charge in [0.1, 0.15) is 17.1 Å². The monoisotopic (exact) mass is 589 g/mol. The minimum Gasteiger partial charge on any atom is -0.497 e. The second kappa shape index (κ2) is 13.9. The fourth-order valence-electron chi connectivity index (χ4n) is 4.32.